The van der Waals surface area contributed by atoms with Crippen molar-refractivity contribution < 1.29 is 36.6 Å². The molecular weight excluding hydrogens is 452 g/mol. The largest absolute Gasteiger partial charge is 0.491 e. The zero-order valence-electron chi connectivity index (χ0n) is 19.4. The Morgan fingerprint density at radius 1 is 1.06 bits per heavy atom. The summed E-state index contributed by atoms with van der Waals surface area (Å²) in [5.74, 6) is -2.73. The monoisotopic (exact) mass is 482 g/mol. The van der Waals surface area contributed by atoms with E-state index in [1.165, 1.54) is 12.1 Å². The highest BCUT2D eigenvalue weighted by Crippen LogP contribution is 2.42. The fraction of sp³-hybridized carbons (Fsp3) is 0.500. The highest BCUT2D eigenvalue weighted by atomic mass is 19.4. The number of carbonyl (C=O) groups is 1. The Morgan fingerprint density at radius 3 is 2.38 bits per heavy atom. The van der Waals surface area contributed by atoms with Gasteiger partial charge in [-0.3, -0.25) is 0 Å². The second-order valence-corrected chi connectivity index (χ2v) is 8.45. The topological polar surface area (TPSA) is 44.8 Å². The van der Waals surface area contributed by atoms with E-state index in [0.717, 1.165) is 24.8 Å². The van der Waals surface area contributed by atoms with Gasteiger partial charge in [0.1, 0.15) is 5.75 Å². The van der Waals surface area contributed by atoms with E-state index in [0.29, 0.717) is 12.2 Å². The van der Waals surface area contributed by atoms with Crippen molar-refractivity contribution in [3.63, 3.8) is 0 Å². The number of rotatable bonds is 9. The lowest BCUT2D eigenvalue weighted by Gasteiger charge is -2.30. The molecule has 1 aliphatic heterocycles. The summed E-state index contributed by atoms with van der Waals surface area (Å²) in [4.78, 5) is 12.5. The van der Waals surface area contributed by atoms with E-state index in [2.05, 4.69) is 6.92 Å². The zero-order valence-corrected chi connectivity index (χ0v) is 19.4. The maximum atomic E-state index is 14.8. The summed E-state index contributed by atoms with van der Waals surface area (Å²) < 4.78 is 72.2. The maximum absolute atomic E-state index is 14.8. The number of aryl methyl sites for hydroxylation is 1. The second kappa shape index (κ2) is 11.7. The Balaban J connectivity index is 1.66. The summed E-state index contributed by atoms with van der Waals surface area (Å²) in [5.41, 5.74) is -0.386. The van der Waals surface area contributed by atoms with E-state index in [1.807, 2.05) is 19.1 Å². The van der Waals surface area contributed by atoms with Gasteiger partial charge in [0.25, 0.3) is 0 Å². The molecule has 2 atom stereocenters. The van der Waals surface area contributed by atoms with Crippen LogP contribution in [0.5, 0.6) is 11.5 Å². The molecule has 1 saturated heterocycles. The third-order valence-corrected chi connectivity index (χ3v) is 5.84. The van der Waals surface area contributed by atoms with E-state index < -0.39 is 41.3 Å². The predicted molar refractivity (Wildman–Crippen MR) is 120 cm³/mol. The van der Waals surface area contributed by atoms with Gasteiger partial charge in [0.15, 0.2) is 17.7 Å². The molecule has 0 aliphatic carbocycles. The van der Waals surface area contributed by atoms with Crippen molar-refractivity contribution in [2.24, 2.45) is 0 Å². The van der Waals surface area contributed by atoms with E-state index in [9.17, 15) is 22.4 Å². The Bertz CT molecular complexity index is 949. The summed E-state index contributed by atoms with van der Waals surface area (Å²) >= 11 is 0. The maximum Gasteiger partial charge on any atom is 0.419 e. The van der Waals surface area contributed by atoms with Crippen LogP contribution in [0.15, 0.2) is 36.4 Å². The quantitative estimate of drug-likeness (QED) is 0.170. The predicted octanol–water partition coefficient (Wildman–Crippen LogP) is 6.84. The van der Waals surface area contributed by atoms with Gasteiger partial charge in [-0.05, 0) is 55.0 Å². The molecule has 2 unspecified atom stereocenters. The molecule has 1 fully saturated rings. The Kier molecular flexibility index (Phi) is 8.94. The molecule has 2 aromatic carbocycles. The smallest absolute Gasteiger partial charge is 0.419 e. The van der Waals surface area contributed by atoms with Crippen LogP contribution in [-0.4, -0.2) is 25.3 Å². The minimum absolute atomic E-state index is 0.141. The molecule has 0 spiro atoms. The molecule has 34 heavy (non-hydrogen) atoms. The van der Waals surface area contributed by atoms with Gasteiger partial charge in [-0.15, -0.1) is 0 Å². The third kappa shape index (κ3) is 6.50. The Labute approximate surface area is 197 Å². The summed E-state index contributed by atoms with van der Waals surface area (Å²) in [7, 11) is 0. The van der Waals surface area contributed by atoms with Gasteiger partial charge in [-0.25, -0.2) is 9.18 Å². The van der Waals surface area contributed by atoms with Crippen LogP contribution in [0.1, 0.15) is 68.6 Å². The van der Waals surface area contributed by atoms with Gasteiger partial charge in [0.2, 0.25) is 0 Å². The molecule has 0 aromatic heterocycles. The highest BCUT2D eigenvalue weighted by molar-refractivity contribution is 5.77. The number of hydrogen-bond donors (Lipinski definition) is 0. The normalized spacial score (nSPS) is 18.5. The minimum atomic E-state index is -4.89. The van der Waals surface area contributed by atoms with Crippen LogP contribution in [0.3, 0.4) is 0 Å². The van der Waals surface area contributed by atoms with Crippen molar-refractivity contribution in [1.29, 1.82) is 0 Å². The van der Waals surface area contributed by atoms with Crippen LogP contribution in [-0.2, 0) is 22.1 Å². The Morgan fingerprint density at radius 2 is 1.79 bits per heavy atom. The van der Waals surface area contributed by atoms with Crippen molar-refractivity contribution in [3.05, 3.63) is 58.9 Å². The minimum Gasteiger partial charge on any atom is -0.491 e. The number of ether oxygens (including phenoxy) is 3. The number of hydrogen-bond acceptors (Lipinski definition) is 4. The fourth-order valence-electron chi connectivity index (χ4n) is 4.02. The average Bonchev–Trinajstić information content (AvgIpc) is 2.81. The van der Waals surface area contributed by atoms with E-state index in [1.54, 1.807) is 12.1 Å². The molecule has 0 amide bonds. The molecule has 1 aliphatic rings. The highest BCUT2D eigenvalue weighted by Gasteiger charge is 2.41. The van der Waals surface area contributed by atoms with Crippen molar-refractivity contribution in [2.75, 3.05) is 13.2 Å². The first-order chi connectivity index (χ1) is 16.2. The summed E-state index contributed by atoms with van der Waals surface area (Å²) in [6, 6.07) is 9.66. The number of esters is 1. The van der Waals surface area contributed by atoms with Crippen LogP contribution < -0.4 is 9.47 Å². The fourth-order valence-corrected chi connectivity index (χ4v) is 4.02. The first kappa shape index (κ1) is 26.0. The van der Waals surface area contributed by atoms with Crippen LogP contribution in [0, 0.1) is 5.82 Å². The second-order valence-electron chi connectivity index (χ2n) is 8.45. The van der Waals surface area contributed by atoms with Crippen molar-refractivity contribution >= 4 is 5.97 Å². The molecule has 186 valence electrons. The van der Waals surface area contributed by atoms with Crippen LogP contribution in [0.4, 0.5) is 17.6 Å². The average molecular weight is 483 g/mol. The zero-order chi connectivity index (χ0) is 24.7. The van der Waals surface area contributed by atoms with Gasteiger partial charge in [0.05, 0.1) is 18.8 Å². The summed E-state index contributed by atoms with van der Waals surface area (Å²) in [6.07, 6.45) is -2.05. The van der Waals surface area contributed by atoms with E-state index >= 15 is 0 Å². The molecule has 8 heteroatoms. The first-order valence-electron chi connectivity index (χ1n) is 11.7. The molecule has 4 nitrogen and oxygen atoms in total. The lowest BCUT2D eigenvalue weighted by atomic mass is 9.87. The number of carbonyl (C=O) groups excluding carboxylic acids is 1. The number of alkyl halides is 3. The van der Waals surface area contributed by atoms with E-state index in [-0.39, 0.29) is 31.6 Å². The third-order valence-electron chi connectivity index (χ3n) is 5.84. The van der Waals surface area contributed by atoms with E-state index in [4.69, 9.17) is 14.2 Å². The summed E-state index contributed by atoms with van der Waals surface area (Å²) in [5, 5.41) is 0. The lowest BCUT2D eigenvalue weighted by Crippen LogP contribution is -2.35. The van der Waals surface area contributed by atoms with Gasteiger partial charge in [-0.2, -0.15) is 13.2 Å². The van der Waals surface area contributed by atoms with Gasteiger partial charge in [0, 0.05) is 5.92 Å². The number of unbranched alkanes of at least 4 members (excludes halogenated alkanes) is 1. The Hall–Kier alpha value is -2.61. The molecule has 0 bridgehead atoms. The lowest BCUT2D eigenvalue weighted by molar-refractivity contribution is -0.152. The molecule has 0 saturated carbocycles. The molecule has 0 radical (unpaired) electrons. The first-order valence-corrected chi connectivity index (χ1v) is 11.7. The molecule has 3 rings (SSSR count). The van der Waals surface area contributed by atoms with Crippen LogP contribution in [0.25, 0.3) is 0 Å². The van der Waals surface area contributed by atoms with Crippen LogP contribution in [0.2, 0.25) is 0 Å². The van der Waals surface area contributed by atoms with Crippen molar-refractivity contribution in [1.82, 2.24) is 0 Å². The van der Waals surface area contributed by atoms with Crippen molar-refractivity contribution in [3.8, 4) is 11.5 Å². The van der Waals surface area contributed by atoms with Gasteiger partial charge in [-0.1, -0.05) is 44.9 Å². The van der Waals surface area contributed by atoms with Gasteiger partial charge >= 0.3 is 12.1 Å². The number of halogens is 4. The summed E-state index contributed by atoms with van der Waals surface area (Å²) in [6.45, 7) is 3.97. The van der Waals surface area contributed by atoms with Crippen molar-refractivity contribution in [2.45, 2.75) is 70.6 Å². The molecule has 0 N–H and O–H groups in total. The molecule has 2 aromatic rings. The standard InChI is InChI=1S/C26H30F4O4/c1-3-5-15-32-21-14-12-20(23(24(21)27)26(28,29)30)18-9-13-22(33-16-18)25(31)34-19-10-7-17(6-4-2)8-11-19/h7-8,10-12,14,18,22H,3-6,9,13,15-16H2,1-2H3. The van der Waals surface area contributed by atoms with Crippen LogP contribution >= 0.6 is 0 Å². The number of benzene rings is 2. The SMILES string of the molecule is CCCCOc1ccc(C2CCC(C(=O)Oc3ccc(CCC)cc3)OC2)c(C(F)(F)F)c1F. The molecular formula is C26H30F4O4. The van der Waals surface area contributed by atoms with Gasteiger partial charge < -0.3 is 14.2 Å². The molecule has 1 heterocycles.